The highest BCUT2D eigenvalue weighted by atomic mass is 19.1. The minimum atomic E-state index is -0.449. The molecule has 0 aliphatic rings. The molecule has 3 aromatic rings. The molecule has 0 saturated carbocycles. The second-order valence-corrected chi connectivity index (χ2v) is 5.43. The van der Waals surface area contributed by atoms with Crippen molar-refractivity contribution in [2.24, 2.45) is 5.73 Å². The van der Waals surface area contributed by atoms with Crippen molar-refractivity contribution in [2.75, 3.05) is 0 Å². The molecule has 1 amide bonds. The fourth-order valence-corrected chi connectivity index (χ4v) is 2.46. The number of carbonyl (C=O) groups is 1. The third-order valence-electron chi connectivity index (χ3n) is 3.55. The van der Waals surface area contributed by atoms with Crippen LogP contribution in [0.2, 0.25) is 0 Å². The van der Waals surface area contributed by atoms with Gasteiger partial charge in [0.25, 0.3) is 0 Å². The van der Waals surface area contributed by atoms with Crippen LogP contribution >= 0.6 is 0 Å². The number of rotatable bonds is 4. The van der Waals surface area contributed by atoms with E-state index in [4.69, 9.17) is 5.73 Å². The molecule has 5 heteroatoms. The zero-order valence-corrected chi connectivity index (χ0v) is 12.7. The Labute approximate surface area is 133 Å². The highest BCUT2D eigenvalue weighted by molar-refractivity contribution is 5.74. The Bertz CT molecular complexity index is 870. The first-order chi connectivity index (χ1) is 11.0. The first kappa shape index (κ1) is 15.0. The summed E-state index contributed by atoms with van der Waals surface area (Å²) < 4.78 is 15.6. The fraction of sp³-hybridized carbons (Fsp3) is 0.111. The van der Waals surface area contributed by atoms with E-state index in [-0.39, 0.29) is 12.4 Å². The lowest BCUT2D eigenvalue weighted by Gasteiger charge is -2.06. The standard InChI is InChI=1S/C18H16FN3O/c1-12-5-6-15(16(19)9-12)13-3-2-4-14(10-13)17-7-8-22(21-17)11-18(20)23/h2-10H,11H2,1H3,(H2,20,23). The SMILES string of the molecule is Cc1ccc(-c2cccc(-c3ccn(CC(N)=O)n3)c2)c(F)c1. The predicted molar refractivity (Wildman–Crippen MR) is 87.0 cm³/mol. The highest BCUT2D eigenvalue weighted by Crippen LogP contribution is 2.27. The molecule has 0 aliphatic carbocycles. The van der Waals surface area contributed by atoms with Crippen LogP contribution in [-0.4, -0.2) is 15.7 Å². The third-order valence-corrected chi connectivity index (χ3v) is 3.55. The molecule has 116 valence electrons. The summed E-state index contributed by atoms with van der Waals surface area (Å²) in [5, 5.41) is 4.31. The lowest BCUT2D eigenvalue weighted by Crippen LogP contribution is -2.18. The van der Waals surface area contributed by atoms with Gasteiger partial charge in [-0.15, -0.1) is 0 Å². The van der Waals surface area contributed by atoms with Crippen molar-refractivity contribution in [3.8, 4) is 22.4 Å². The van der Waals surface area contributed by atoms with Gasteiger partial charge in [0.15, 0.2) is 0 Å². The zero-order chi connectivity index (χ0) is 16.4. The largest absolute Gasteiger partial charge is 0.368 e. The summed E-state index contributed by atoms with van der Waals surface area (Å²) in [4.78, 5) is 10.9. The van der Waals surface area contributed by atoms with Gasteiger partial charge in [0.2, 0.25) is 5.91 Å². The molecule has 4 nitrogen and oxygen atoms in total. The Hall–Kier alpha value is -2.95. The molecule has 2 N–H and O–H groups in total. The first-order valence-electron chi connectivity index (χ1n) is 7.21. The van der Waals surface area contributed by atoms with Crippen LogP contribution in [0, 0.1) is 12.7 Å². The van der Waals surface area contributed by atoms with Crippen molar-refractivity contribution in [1.82, 2.24) is 9.78 Å². The number of hydrogen-bond acceptors (Lipinski definition) is 2. The number of amides is 1. The van der Waals surface area contributed by atoms with E-state index in [1.165, 1.54) is 10.7 Å². The van der Waals surface area contributed by atoms with Gasteiger partial charge in [-0.3, -0.25) is 9.48 Å². The molecule has 0 fully saturated rings. The molecule has 1 aromatic heterocycles. The number of halogens is 1. The number of nitrogens with zero attached hydrogens (tertiary/aromatic N) is 2. The van der Waals surface area contributed by atoms with Crippen LogP contribution < -0.4 is 5.73 Å². The summed E-state index contributed by atoms with van der Waals surface area (Å²) >= 11 is 0. The van der Waals surface area contributed by atoms with Crippen molar-refractivity contribution in [3.05, 3.63) is 66.1 Å². The van der Waals surface area contributed by atoms with Crippen LogP contribution in [0.15, 0.2) is 54.7 Å². The number of primary amides is 1. The molecule has 0 aliphatic heterocycles. The van der Waals surface area contributed by atoms with E-state index < -0.39 is 5.91 Å². The van der Waals surface area contributed by atoms with Crippen LogP contribution in [0.25, 0.3) is 22.4 Å². The lowest BCUT2D eigenvalue weighted by molar-refractivity contribution is -0.118. The van der Waals surface area contributed by atoms with Gasteiger partial charge < -0.3 is 5.73 Å². The summed E-state index contributed by atoms with van der Waals surface area (Å²) in [7, 11) is 0. The Morgan fingerprint density at radius 3 is 2.70 bits per heavy atom. The van der Waals surface area contributed by atoms with Gasteiger partial charge in [0.1, 0.15) is 12.4 Å². The number of hydrogen-bond donors (Lipinski definition) is 1. The molecule has 23 heavy (non-hydrogen) atoms. The second kappa shape index (κ2) is 6.04. The minimum absolute atomic E-state index is 0.0340. The number of aromatic nitrogens is 2. The average molecular weight is 309 g/mol. The van der Waals surface area contributed by atoms with Gasteiger partial charge in [-0.2, -0.15) is 5.10 Å². The van der Waals surface area contributed by atoms with Crippen LogP contribution in [0.4, 0.5) is 4.39 Å². The smallest absolute Gasteiger partial charge is 0.239 e. The van der Waals surface area contributed by atoms with Crippen molar-refractivity contribution in [3.63, 3.8) is 0 Å². The van der Waals surface area contributed by atoms with E-state index in [1.807, 2.05) is 37.3 Å². The Kier molecular flexibility index (Phi) is 3.93. The van der Waals surface area contributed by atoms with Crippen LogP contribution in [0.1, 0.15) is 5.56 Å². The molecule has 1 heterocycles. The maximum atomic E-state index is 14.1. The fourth-order valence-electron chi connectivity index (χ4n) is 2.46. The Morgan fingerprint density at radius 1 is 1.17 bits per heavy atom. The lowest BCUT2D eigenvalue weighted by atomic mass is 10.0. The molecular formula is C18H16FN3O. The van der Waals surface area contributed by atoms with E-state index in [1.54, 1.807) is 18.3 Å². The molecule has 0 spiro atoms. The van der Waals surface area contributed by atoms with Gasteiger partial charge in [0.05, 0.1) is 5.69 Å². The quantitative estimate of drug-likeness (QED) is 0.804. The van der Waals surface area contributed by atoms with Crippen LogP contribution in [0.3, 0.4) is 0 Å². The Morgan fingerprint density at radius 2 is 1.96 bits per heavy atom. The molecule has 3 rings (SSSR count). The monoisotopic (exact) mass is 309 g/mol. The molecule has 2 aromatic carbocycles. The third kappa shape index (κ3) is 3.29. The summed E-state index contributed by atoms with van der Waals surface area (Å²) in [6, 6.07) is 14.5. The van der Waals surface area contributed by atoms with Gasteiger partial charge in [-0.1, -0.05) is 30.3 Å². The second-order valence-electron chi connectivity index (χ2n) is 5.43. The van der Waals surface area contributed by atoms with Gasteiger partial charge in [0, 0.05) is 17.3 Å². The van der Waals surface area contributed by atoms with Crippen LogP contribution in [-0.2, 0) is 11.3 Å². The minimum Gasteiger partial charge on any atom is -0.368 e. The first-order valence-corrected chi connectivity index (χ1v) is 7.21. The number of aryl methyl sites for hydroxylation is 1. The molecule has 0 radical (unpaired) electrons. The van der Waals surface area contributed by atoms with E-state index in [2.05, 4.69) is 5.10 Å². The van der Waals surface area contributed by atoms with Crippen LogP contribution in [0.5, 0.6) is 0 Å². The zero-order valence-electron chi connectivity index (χ0n) is 12.7. The number of carbonyl (C=O) groups excluding carboxylic acids is 1. The molecule has 0 unspecified atom stereocenters. The van der Waals surface area contributed by atoms with Gasteiger partial charge >= 0.3 is 0 Å². The summed E-state index contributed by atoms with van der Waals surface area (Å²) in [5.74, 6) is -0.698. The van der Waals surface area contributed by atoms with Gasteiger partial charge in [-0.25, -0.2) is 4.39 Å². The maximum Gasteiger partial charge on any atom is 0.239 e. The van der Waals surface area contributed by atoms with Crippen molar-refractivity contribution >= 4 is 5.91 Å². The van der Waals surface area contributed by atoms with Crippen molar-refractivity contribution in [1.29, 1.82) is 0 Å². The molecule has 0 atom stereocenters. The normalized spacial score (nSPS) is 10.7. The summed E-state index contributed by atoms with van der Waals surface area (Å²) in [6.07, 6.45) is 1.69. The maximum absolute atomic E-state index is 14.1. The highest BCUT2D eigenvalue weighted by Gasteiger charge is 2.09. The van der Waals surface area contributed by atoms with E-state index in [9.17, 15) is 9.18 Å². The number of benzene rings is 2. The predicted octanol–water partition coefficient (Wildman–Crippen LogP) is 3.15. The average Bonchev–Trinajstić information content (AvgIpc) is 2.95. The number of nitrogens with two attached hydrogens (primary N) is 1. The van der Waals surface area contributed by atoms with E-state index >= 15 is 0 Å². The van der Waals surface area contributed by atoms with Gasteiger partial charge in [-0.05, 0) is 36.2 Å². The molecule has 0 saturated heterocycles. The summed E-state index contributed by atoms with van der Waals surface area (Å²) in [5.41, 5.74) is 8.94. The van der Waals surface area contributed by atoms with Crippen molar-refractivity contribution < 1.29 is 9.18 Å². The topological polar surface area (TPSA) is 60.9 Å². The molecule has 0 bridgehead atoms. The van der Waals surface area contributed by atoms with E-state index in [0.29, 0.717) is 11.3 Å². The Balaban J connectivity index is 1.96. The van der Waals surface area contributed by atoms with E-state index in [0.717, 1.165) is 16.7 Å². The van der Waals surface area contributed by atoms with Crippen molar-refractivity contribution in [2.45, 2.75) is 13.5 Å². The summed E-state index contributed by atoms with van der Waals surface area (Å²) in [6.45, 7) is 1.89. The molecular weight excluding hydrogens is 293 g/mol.